The number of fused-ring (bicyclic) bond motifs is 1. The van der Waals surface area contributed by atoms with Crippen LogP contribution >= 0.6 is 0 Å². The zero-order valence-corrected chi connectivity index (χ0v) is 19.1. The Labute approximate surface area is 199 Å². The fourth-order valence-electron chi connectivity index (χ4n) is 4.20. The number of aliphatic hydroxyl groups excluding tert-OH is 1. The Morgan fingerprint density at radius 2 is 2.17 bits per heavy atom. The largest absolute Gasteiger partial charge is 0.479 e. The summed E-state index contributed by atoms with van der Waals surface area (Å²) in [5.74, 6) is 0.467. The number of piperidine rings is 1. The third kappa shape index (κ3) is 5.46. The van der Waals surface area contributed by atoms with Crippen LogP contribution in [0.1, 0.15) is 6.42 Å². The number of benzene rings is 1. The Balaban J connectivity index is 1.62. The zero-order chi connectivity index (χ0) is 24.9. The van der Waals surface area contributed by atoms with E-state index in [1.807, 2.05) is 4.90 Å². The number of β-amino-alcohol motifs (C(OH)–C–C–N with tert-alkyl or cyclic N) is 1. The fourth-order valence-corrected chi connectivity index (χ4v) is 4.20. The van der Waals surface area contributed by atoms with E-state index in [1.54, 1.807) is 35.0 Å². The van der Waals surface area contributed by atoms with Crippen molar-refractivity contribution in [3.05, 3.63) is 30.5 Å². The average molecular weight is 493 g/mol. The molecule has 1 saturated heterocycles. The van der Waals surface area contributed by atoms with Crippen LogP contribution in [0.15, 0.2) is 35.6 Å². The molecule has 13 heteroatoms. The molecule has 1 aromatic carbocycles. The Kier molecular flexibility index (Phi) is 7.66. The van der Waals surface area contributed by atoms with Gasteiger partial charge in [0.2, 0.25) is 11.8 Å². The predicted molar refractivity (Wildman–Crippen MR) is 125 cm³/mol. The van der Waals surface area contributed by atoms with Crippen LogP contribution in [0.5, 0.6) is 5.88 Å². The van der Waals surface area contributed by atoms with Gasteiger partial charge in [-0.1, -0.05) is 6.07 Å². The molecule has 1 aliphatic rings. The van der Waals surface area contributed by atoms with Gasteiger partial charge in [0.05, 0.1) is 32.0 Å². The number of aromatic nitrogens is 3. The summed E-state index contributed by atoms with van der Waals surface area (Å²) in [6, 6.07) is 6.21. The molecule has 0 spiro atoms. The molecule has 0 radical (unpaired) electrons. The first-order valence-electron chi connectivity index (χ1n) is 11.1. The maximum Gasteiger partial charge on any atom is 0.255 e. The lowest BCUT2D eigenvalue weighted by Crippen LogP contribution is -2.48. The van der Waals surface area contributed by atoms with E-state index in [-0.39, 0.29) is 30.7 Å². The van der Waals surface area contributed by atoms with E-state index < -0.39 is 25.2 Å². The number of anilines is 2. The highest BCUT2D eigenvalue weighted by molar-refractivity contribution is 5.87. The van der Waals surface area contributed by atoms with Gasteiger partial charge < -0.3 is 20.5 Å². The molecule has 0 unspecified atom stereocenters. The number of nitrogens with one attached hydrogen (secondary N) is 3. The highest BCUT2D eigenvalue weighted by Gasteiger charge is 2.30. The molecule has 1 fully saturated rings. The van der Waals surface area contributed by atoms with Crippen molar-refractivity contribution < 1.29 is 23.0 Å². The molecule has 1 aliphatic heterocycles. The summed E-state index contributed by atoms with van der Waals surface area (Å²) in [5.41, 5.74) is 9.73. The molecule has 3 heterocycles. The molecule has 2 aromatic heterocycles. The van der Waals surface area contributed by atoms with Crippen LogP contribution in [0.2, 0.25) is 0 Å². The lowest BCUT2D eigenvalue weighted by atomic mass is 10.0. The van der Waals surface area contributed by atoms with Gasteiger partial charge in [0, 0.05) is 31.4 Å². The van der Waals surface area contributed by atoms with Gasteiger partial charge in [0.1, 0.15) is 17.4 Å². The summed E-state index contributed by atoms with van der Waals surface area (Å²) >= 11 is 0. The Bertz CT molecular complexity index is 1180. The van der Waals surface area contributed by atoms with Crippen molar-refractivity contribution in [2.45, 2.75) is 25.1 Å². The molecular formula is C22H27F3N8O2. The van der Waals surface area contributed by atoms with Gasteiger partial charge in [-0.05, 0) is 30.2 Å². The zero-order valence-electron chi connectivity index (χ0n) is 19.1. The van der Waals surface area contributed by atoms with Crippen LogP contribution in [-0.4, -0.2) is 83.1 Å². The number of rotatable bonds is 10. The summed E-state index contributed by atoms with van der Waals surface area (Å²) in [7, 11) is 1.46. The van der Waals surface area contributed by atoms with E-state index >= 15 is 0 Å². The van der Waals surface area contributed by atoms with Crippen molar-refractivity contribution in [2.24, 2.45) is 5.11 Å². The van der Waals surface area contributed by atoms with Crippen molar-refractivity contribution in [2.75, 3.05) is 50.5 Å². The second-order valence-corrected chi connectivity index (χ2v) is 8.16. The van der Waals surface area contributed by atoms with Crippen LogP contribution in [0, 0.1) is 5.53 Å². The second-order valence-electron chi connectivity index (χ2n) is 8.16. The quantitative estimate of drug-likeness (QED) is 0.319. The molecule has 4 N–H and O–H groups in total. The van der Waals surface area contributed by atoms with Crippen LogP contribution in [-0.2, 0) is 0 Å². The molecule has 35 heavy (non-hydrogen) atoms. The van der Waals surface area contributed by atoms with Crippen molar-refractivity contribution in [1.29, 1.82) is 5.53 Å². The Hall–Kier alpha value is -3.45. The molecule has 10 nitrogen and oxygen atoms in total. The summed E-state index contributed by atoms with van der Waals surface area (Å²) < 4.78 is 47.2. The van der Waals surface area contributed by atoms with Gasteiger partial charge in [0.25, 0.3) is 6.43 Å². The summed E-state index contributed by atoms with van der Waals surface area (Å²) in [6.07, 6.45) is -1.48. The van der Waals surface area contributed by atoms with E-state index in [0.717, 1.165) is 0 Å². The molecule has 4 rings (SSSR count). The maximum absolute atomic E-state index is 14.7. The average Bonchev–Trinajstić information content (AvgIpc) is 3.28. The van der Waals surface area contributed by atoms with Crippen LogP contribution in [0.25, 0.3) is 16.6 Å². The molecular weight excluding hydrogens is 465 g/mol. The summed E-state index contributed by atoms with van der Waals surface area (Å²) in [5, 5.41) is 22.6. The molecule has 188 valence electrons. The monoisotopic (exact) mass is 492 g/mol. The van der Waals surface area contributed by atoms with Gasteiger partial charge in [-0.2, -0.15) is 10.1 Å². The van der Waals surface area contributed by atoms with E-state index in [0.29, 0.717) is 41.8 Å². The number of likely N-dealkylation sites (tertiary alicyclic amines) is 1. The number of ether oxygens (including phenoxy) is 1. The Morgan fingerprint density at radius 3 is 2.86 bits per heavy atom. The first-order chi connectivity index (χ1) is 16.9. The number of alkyl halides is 3. The van der Waals surface area contributed by atoms with Gasteiger partial charge in [0.15, 0.2) is 0 Å². The van der Waals surface area contributed by atoms with Gasteiger partial charge >= 0.3 is 0 Å². The smallest absolute Gasteiger partial charge is 0.255 e. The van der Waals surface area contributed by atoms with Gasteiger partial charge in [-0.3, -0.25) is 4.90 Å². The second kappa shape index (κ2) is 10.9. The van der Waals surface area contributed by atoms with Crippen molar-refractivity contribution in [3.8, 4) is 17.0 Å². The topological polar surface area (TPSA) is 123 Å². The highest BCUT2D eigenvalue weighted by atomic mass is 19.3. The number of hydrogen-bond acceptors (Lipinski definition) is 9. The SMILES string of the molecule is COc1nc(N[C@H]2CCN(CCO)C[C@H]2F)nn2ccc(-c3ccc(N=N)c(NCC(F)F)c3)c12. The minimum Gasteiger partial charge on any atom is -0.479 e. The van der Waals surface area contributed by atoms with Crippen molar-refractivity contribution in [1.82, 2.24) is 19.5 Å². The molecule has 0 saturated carbocycles. The van der Waals surface area contributed by atoms with Crippen molar-refractivity contribution in [3.63, 3.8) is 0 Å². The minimum absolute atomic E-state index is 0.0118. The van der Waals surface area contributed by atoms with Crippen LogP contribution < -0.4 is 15.4 Å². The number of hydrogen-bond donors (Lipinski definition) is 4. The number of aliphatic hydroxyl groups is 1. The van der Waals surface area contributed by atoms with E-state index in [4.69, 9.17) is 15.4 Å². The van der Waals surface area contributed by atoms with Crippen LogP contribution in [0.3, 0.4) is 0 Å². The minimum atomic E-state index is -2.56. The fraction of sp³-hybridized carbons (Fsp3) is 0.455. The van der Waals surface area contributed by atoms with E-state index in [2.05, 4.69) is 25.8 Å². The first kappa shape index (κ1) is 24.7. The van der Waals surface area contributed by atoms with Crippen LogP contribution in [0.4, 0.5) is 30.5 Å². The third-order valence-electron chi connectivity index (χ3n) is 5.90. The lowest BCUT2D eigenvalue weighted by Gasteiger charge is -2.34. The normalized spacial score (nSPS) is 18.7. The number of nitrogens with zero attached hydrogens (tertiary/aromatic N) is 5. The molecule has 0 aliphatic carbocycles. The molecule has 3 aromatic rings. The van der Waals surface area contributed by atoms with Gasteiger partial charge in [-0.15, -0.1) is 5.10 Å². The lowest BCUT2D eigenvalue weighted by molar-refractivity contribution is 0.107. The van der Waals surface area contributed by atoms with E-state index in [9.17, 15) is 13.2 Å². The molecule has 0 bridgehead atoms. The van der Waals surface area contributed by atoms with E-state index in [1.165, 1.54) is 7.11 Å². The molecule has 0 amide bonds. The number of methoxy groups -OCH3 is 1. The Morgan fingerprint density at radius 1 is 1.34 bits per heavy atom. The first-order valence-corrected chi connectivity index (χ1v) is 11.1. The van der Waals surface area contributed by atoms with Gasteiger partial charge in [-0.25, -0.2) is 23.2 Å². The highest BCUT2D eigenvalue weighted by Crippen LogP contribution is 2.36. The number of halogens is 3. The van der Waals surface area contributed by atoms with Crippen molar-refractivity contribution >= 4 is 22.8 Å². The third-order valence-corrected chi connectivity index (χ3v) is 5.90. The summed E-state index contributed by atoms with van der Waals surface area (Å²) in [4.78, 5) is 6.30. The predicted octanol–water partition coefficient (Wildman–Crippen LogP) is 3.56. The summed E-state index contributed by atoms with van der Waals surface area (Å²) in [6.45, 7) is 0.717. The molecule has 2 atom stereocenters. The maximum atomic E-state index is 14.7. The standard InChI is InChI=1S/C22H27F3N8O2/c1-35-21-20-14(13-2-3-17(30-26)18(10-13)27-11-19(24)25)4-7-33(20)31-22(29-21)28-16-5-6-32(8-9-34)12-15(16)23/h2-4,7,10,15-16,19,26-27,34H,5-6,8-9,11-12H2,1H3,(H,28,31)/t15-,16+/m1/s1.